The average Bonchev–Trinajstić information content (AvgIpc) is 3.39. The first-order chi connectivity index (χ1) is 18.7. The highest BCUT2D eigenvalue weighted by Crippen LogP contribution is 2.33. The van der Waals surface area contributed by atoms with Crippen molar-refractivity contribution < 1.29 is 13.9 Å². The first kappa shape index (κ1) is 27.5. The molecule has 38 heavy (non-hydrogen) atoms. The molecule has 1 amide bonds. The molecule has 0 saturated carbocycles. The van der Waals surface area contributed by atoms with E-state index in [1.807, 2.05) is 54.6 Å². The van der Waals surface area contributed by atoms with Gasteiger partial charge in [0.1, 0.15) is 11.5 Å². The molecule has 4 aromatic rings. The van der Waals surface area contributed by atoms with Gasteiger partial charge in [-0.05, 0) is 66.7 Å². The predicted octanol–water partition coefficient (Wildman–Crippen LogP) is 8.26. The molecule has 0 aliphatic heterocycles. The lowest BCUT2D eigenvalue weighted by atomic mass is 10.1. The number of amides is 1. The minimum absolute atomic E-state index is 0.293. The fourth-order valence-electron chi connectivity index (χ4n) is 4.07. The van der Waals surface area contributed by atoms with E-state index in [0.717, 1.165) is 33.1 Å². The van der Waals surface area contributed by atoms with Gasteiger partial charge in [0, 0.05) is 22.0 Å². The molecule has 198 valence electrons. The Morgan fingerprint density at radius 3 is 2.53 bits per heavy atom. The molecule has 0 fully saturated rings. The Balaban J connectivity index is 1.18. The maximum absolute atomic E-state index is 12.4. The van der Waals surface area contributed by atoms with E-state index in [1.54, 1.807) is 18.3 Å². The second-order valence-electron chi connectivity index (χ2n) is 9.14. The van der Waals surface area contributed by atoms with E-state index in [4.69, 9.17) is 9.15 Å². The molecule has 0 bridgehead atoms. The van der Waals surface area contributed by atoms with Crippen LogP contribution in [-0.4, -0.2) is 23.7 Å². The Labute approximate surface area is 228 Å². The van der Waals surface area contributed by atoms with Crippen LogP contribution in [0, 0.1) is 0 Å². The molecule has 7 heteroatoms. The SMILES string of the molecule is CCCCCCCCCCOc1ccc(C(=O)N/N=C/c2ccc(Sc3cccc4cccnc34)o2)cc1. The average molecular weight is 530 g/mol. The molecule has 4 rings (SSSR count). The number of rotatable bonds is 15. The Hall–Kier alpha value is -3.58. The second-order valence-corrected chi connectivity index (χ2v) is 10.2. The molecule has 0 aliphatic carbocycles. The highest BCUT2D eigenvalue weighted by Gasteiger charge is 2.08. The summed E-state index contributed by atoms with van der Waals surface area (Å²) in [6.07, 6.45) is 13.4. The molecule has 2 aromatic heterocycles. The van der Waals surface area contributed by atoms with E-state index in [1.165, 1.54) is 62.9 Å². The van der Waals surface area contributed by atoms with Gasteiger partial charge < -0.3 is 9.15 Å². The third kappa shape index (κ3) is 8.48. The van der Waals surface area contributed by atoms with Crippen molar-refractivity contribution in [2.45, 2.75) is 68.3 Å². The number of pyridine rings is 1. The van der Waals surface area contributed by atoms with Crippen LogP contribution in [0.5, 0.6) is 5.75 Å². The third-order valence-electron chi connectivity index (χ3n) is 6.15. The van der Waals surface area contributed by atoms with Crippen molar-refractivity contribution in [3.63, 3.8) is 0 Å². The summed E-state index contributed by atoms with van der Waals surface area (Å²) < 4.78 is 11.7. The number of furan rings is 1. The van der Waals surface area contributed by atoms with Gasteiger partial charge in [0.25, 0.3) is 5.91 Å². The van der Waals surface area contributed by atoms with Crippen LogP contribution >= 0.6 is 11.8 Å². The first-order valence-electron chi connectivity index (χ1n) is 13.4. The Kier molecular flexibility index (Phi) is 10.8. The Bertz CT molecular complexity index is 1310. The molecule has 1 N–H and O–H groups in total. The summed E-state index contributed by atoms with van der Waals surface area (Å²) in [5.74, 6) is 1.03. The summed E-state index contributed by atoms with van der Waals surface area (Å²) in [4.78, 5) is 17.9. The number of fused-ring (bicyclic) bond motifs is 1. The van der Waals surface area contributed by atoms with E-state index in [9.17, 15) is 4.79 Å². The lowest BCUT2D eigenvalue weighted by molar-refractivity contribution is 0.0955. The van der Waals surface area contributed by atoms with Crippen LogP contribution in [0.3, 0.4) is 0 Å². The summed E-state index contributed by atoms with van der Waals surface area (Å²) >= 11 is 1.50. The van der Waals surface area contributed by atoms with Crippen LogP contribution in [0.4, 0.5) is 0 Å². The lowest BCUT2D eigenvalue weighted by Crippen LogP contribution is -2.17. The summed E-state index contributed by atoms with van der Waals surface area (Å²) in [5.41, 5.74) is 4.00. The van der Waals surface area contributed by atoms with Crippen molar-refractivity contribution in [1.82, 2.24) is 10.4 Å². The quantitative estimate of drug-likeness (QED) is 0.0953. The first-order valence-corrected chi connectivity index (χ1v) is 14.2. The molecule has 2 heterocycles. The van der Waals surface area contributed by atoms with Gasteiger partial charge in [-0.2, -0.15) is 5.10 Å². The standard InChI is InChI=1S/C31H35N3O3S/c1-2-3-4-5-6-7-8-9-22-36-26-17-15-25(16-18-26)31(35)34-33-23-27-19-20-29(37-27)38-28-14-10-12-24-13-11-21-32-30(24)28/h10-21,23H,2-9,22H2,1H3,(H,34,35)/b33-23+. The molecule has 0 spiro atoms. The number of carbonyl (C=O) groups is 1. The Morgan fingerprint density at radius 2 is 1.71 bits per heavy atom. The highest BCUT2D eigenvalue weighted by molar-refractivity contribution is 7.99. The van der Waals surface area contributed by atoms with Crippen LogP contribution in [0.25, 0.3) is 10.9 Å². The smallest absolute Gasteiger partial charge is 0.271 e. The number of hydrazone groups is 1. The second kappa shape index (κ2) is 15.0. The number of carbonyl (C=O) groups excluding carboxylic acids is 1. The maximum atomic E-state index is 12.4. The van der Waals surface area contributed by atoms with Crippen LogP contribution in [0.1, 0.15) is 74.4 Å². The van der Waals surface area contributed by atoms with Gasteiger partial charge in [0.15, 0.2) is 5.09 Å². The molecule has 0 atom stereocenters. The fourth-order valence-corrected chi connectivity index (χ4v) is 4.98. The van der Waals surface area contributed by atoms with Crippen molar-refractivity contribution >= 4 is 34.8 Å². The zero-order valence-electron chi connectivity index (χ0n) is 21.9. The van der Waals surface area contributed by atoms with Gasteiger partial charge in [0.2, 0.25) is 0 Å². The van der Waals surface area contributed by atoms with E-state index in [-0.39, 0.29) is 5.91 Å². The third-order valence-corrected chi connectivity index (χ3v) is 7.12. The molecule has 0 saturated heterocycles. The van der Waals surface area contributed by atoms with E-state index < -0.39 is 0 Å². The minimum Gasteiger partial charge on any atom is -0.494 e. The van der Waals surface area contributed by atoms with Crippen LogP contribution < -0.4 is 10.2 Å². The highest BCUT2D eigenvalue weighted by atomic mass is 32.2. The minimum atomic E-state index is -0.293. The lowest BCUT2D eigenvalue weighted by Gasteiger charge is -2.07. The molecular formula is C31H35N3O3S. The monoisotopic (exact) mass is 529 g/mol. The molecule has 2 aromatic carbocycles. The molecule has 0 radical (unpaired) electrons. The van der Waals surface area contributed by atoms with Crippen LogP contribution in [0.15, 0.2) is 92.4 Å². The maximum Gasteiger partial charge on any atom is 0.271 e. The normalized spacial score (nSPS) is 11.3. The summed E-state index contributed by atoms with van der Waals surface area (Å²) in [5, 5.41) is 5.84. The zero-order chi connectivity index (χ0) is 26.4. The van der Waals surface area contributed by atoms with Gasteiger partial charge in [-0.3, -0.25) is 9.78 Å². The number of unbranched alkanes of at least 4 members (excludes halogenated alkanes) is 7. The summed E-state index contributed by atoms with van der Waals surface area (Å²) in [6.45, 7) is 2.94. The number of nitrogens with zero attached hydrogens (tertiary/aromatic N) is 2. The van der Waals surface area contributed by atoms with Gasteiger partial charge in [-0.25, -0.2) is 5.43 Å². The van der Waals surface area contributed by atoms with Crippen molar-refractivity contribution in [1.29, 1.82) is 0 Å². The largest absolute Gasteiger partial charge is 0.494 e. The molecule has 0 aliphatic rings. The topological polar surface area (TPSA) is 76.7 Å². The van der Waals surface area contributed by atoms with E-state index >= 15 is 0 Å². The molecular weight excluding hydrogens is 494 g/mol. The summed E-state index contributed by atoms with van der Waals surface area (Å²) in [6, 6.07) is 20.8. The van der Waals surface area contributed by atoms with Crippen molar-refractivity contribution in [2.24, 2.45) is 5.10 Å². The fraction of sp³-hybridized carbons (Fsp3) is 0.323. The van der Waals surface area contributed by atoms with Gasteiger partial charge in [-0.1, -0.05) is 70.1 Å². The Morgan fingerprint density at radius 1 is 0.947 bits per heavy atom. The number of hydrogen-bond acceptors (Lipinski definition) is 6. The van der Waals surface area contributed by atoms with Crippen molar-refractivity contribution in [2.75, 3.05) is 6.61 Å². The number of para-hydroxylation sites is 1. The molecule has 6 nitrogen and oxygen atoms in total. The van der Waals surface area contributed by atoms with Gasteiger partial charge in [-0.15, -0.1) is 0 Å². The predicted molar refractivity (Wildman–Crippen MR) is 154 cm³/mol. The van der Waals surface area contributed by atoms with Crippen LogP contribution in [-0.2, 0) is 0 Å². The number of ether oxygens (including phenoxy) is 1. The van der Waals surface area contributed by atoms with Crippen molar-refractivity contribution in [3.05, 3.63) is 84.3 Å². The zero-order valence-corrected chi connectivity index (χ0v) is 22.7. The molecule has 0 unspecified atom stereocenters. The number of hydrogen-bond donors (Lipinski definition) is 1. The number of nitrogens with one attached hydrogen (secondary N) is 1. The van der Waals surface area contributed by atoms with Gasteiger partial charge in [0.05, 0.1) is 18.3 Å². The number of aromatic nitrogens is 1. The summed E-state index contributed by atoms with van der Waals surface area (Å²) in [7, 11) is 0. The number of benzene rings is 2. The van der Waals surface area contributed by atoms with Crippen molar-refractivity contribution in [3.8, 4) is 5.75 Å². The van der Waals surface area contributed by atoms with E-state index in [0.29, 0.717) is 17.9 Å². The van der Waals surface area contributed by atoms with Crippen LogP contribution in [0.2, 0.25) is 0 Å². The van der Waals surface area contributed by atoms with Gasteiger partial charge >= 0.3 is 0 Å². The van der Waals surface area contributed by atoms with E-state index in [2.05, 4.69) is 22.4 Å².